The van der Waals surface area contributed by atoms with Crippen molar-refractivity contribution < 1.29 is 15.1 Å². The Labute approximate surface area is 131 Å². The van der Waals surface area contributed by atoms with Crippen LogP contribution < -0.4 is 5.32 Å². The second-order valence-corrected chi connectivity index (χ2v) is 6.32. The first kappa shape index (κ1) is 15.5. The van der Waals surface area contributed by atoms with E-state index in [0.717, 1.165) is 29.8 Å². The molecular weight excluding hydrogens is 280 g/mol. The molecule has 1 unspecified atom stereocenters. The number of aliphatic hydroxyl groups is 2. The molecule has 0 amide bonds. The summed E-state index contributed by atoms with van der Waals surface area (Å²) in [6.07, 6.45) is 0.575. The van der Waals surface area contributed by atoms with Crippen LogP contribution in [-0.2, 0) is 4.84 Å². The van der Waals surface area contributed by atoms with Crippen molar-refractivity contribution in [3.8, 4) is 0 Å². The van der Waals surface area contributed by atoms with Gasteiger partial charge in [-0.15, -0.1) is 0 Å². The topological polar surface area (TPSA) is 65.0 Å². The SMILES string of the molecule is CON1CCC2(CC1)NC(O)C(c1cc(C)ccc1C)=C2O. The monoisotopic (exact) mass is 304 g/mol. The first-order valence-electron chi connectivity index (χ1n) is 7.73. The van der Waals surface area contributed by atoms with E-state index in [-0.39, 0.29) is 5.76 Å². The highest BCUT2D eigenvalue weighted by Crippen LogP contribution is 2.41. The van der Waals surface area contributed by atoms with Gasteiger partial charge in [-0.2, -0.15) is 5.06 Å². The third-order valence-electron chi connectivity index (χ3n) is 4.91. The molecule has 1 atom stereocenters. The van der Waals surface area contributed by atoms with Gasteiger partial charge in [0.1, 0.15) is 12.0 Å². The van der Waals surface area contributed by atoms with E-state index in [0.29, 0.717) is 18.4 Å². The first-order chi connectivity index (χ1) is 10.5. The Hall–Kier alpha value is -1.40. The highest BCUT2D eigenvalue weighted by Gasteiger charge is 2.47. The van der Waals surface area contributed by atoms with Crippen LogP contribution in [0, 0.1) is 13.8 Å². The Morgan fingerprint density at radius 1 is 1.27 bits per heavy atom. The molecule has 0 aliphatic carbocycles. The molecule has 5 nitrogen and oxygen atoms in total. The van der Waals surface area contributed by atoms with Gasteiger partial charge in [0.25, 0.3) is 0 Å². The number of benzene rings is 1. The number of piperidine rings is 1. The summed E-state index contributed by atoms with van der Waals surface area (Å²) in [6.45, 7) is 5.46. The van der Waals surface area contributed by atoms with Crippen molar-refractivity contribution in [2.75, 3.05) is 20.2 Å². The van der Waals surface area contributed by atoms with Crippen molar-refractivity contribution >= 4 is 5.57 Å². The zero-order chi connectivity index (χ0) is 15.9. The number of hydrogen-bond donors (Lipinski definition) is 3. The summed E-state index contributed by atoms with van der Waals surface area (Å²) < 4.78 is 0. The van der Waals surface area contributed by atoms with Gasteiger partial charge in [-0.25, -0.2) is 0 Å². The van der Waals surface area contributed by atoms with Gasteiger partial charge in [-0.1, -0.05) is 23.8 Å². The summed E-state index contributed by atoms with van der Waals surface area (Å²) in [6, 6.07) is 6.09. The maximum absolute atomic E-state index is 10.9. The minimum absolute atomic E-state index is 0.282. The Bertz CT molecular complexity index is 604. The lowest BCUT2D eigenvalue weighted by Gasteiger charge is -2.38. The number of hydroxylamine groups is 2. The van der Waals surface area contributed by atoms with Crippen molar-refractivity contribution in [3.05, 3.63) is 40.6 Å². The summed E-state index contributed by atoms with van der Waals surface area (Å²) in [5.41, 5.74) is 3.17. The van der Waals surface area contributed by atoms with E-state index in [2.05, 4.69) is 5.32 Å². The third-order valence-corrected chi connectivity index (χ3v) is 4.91. The summed E-state index contributed by atoms with van der Waals surface area (Å²) in [4.78, 5) is 5.25. The molecule has 1 aromatic carbocycles. The van der Waals surface area contributed by atoms with E-state index in [1.807, 2.05) is 37.1 Å². The minimum Gasteiger partial charge on any atom is -0.510 e. The van der Waals surface area contributed by atoms with Crippen LogP contribution in [0.2, 0.25) is 0 Å². The van der Waals surface area contributed by atoms with E-state index in [9.17, 15) is 10.2 Å². The quantitative estimate of drug-likeness (QED) is 0.779. The van der Waals surface area contributed by atoms with E-state index in [1.54, 1.807) is 7.11 Å². The normalized spacial score (nSPS) is 25.2. The second kappa shape index (κ2) is 5.66. The second-order valence-electron chi connectivity index (χ2n) is 6.32. The average molecular weight is 304 g/mol. The molecule has 5 heteroatoms. The fourth-order valence-electron chi connectivity index (χ4n) is 3.52. The number of rotatable bonds is 2. The molecule has 2 heterocycles. The van der Waals surface area contributed by atoms with Gasteiger partial charge in [-0.05, 0) is 37.8 Å². The smallest absolute Gasteiger partial charge is 0.135 e. The van der Waals surface area contributed by atoms with Gasteiger partial charge in [0, 0.05) is 18.7 Å². The van der Waals surface area contributed by atoms with Crippen molar-refractivity contribution in [1.29, 1.82) is 0 Å². The Kier molecular flexibility index (Phi) is 3.99. The number of aliphatic hydroxyl groups excluding tert-OH is 2. The summed E-state index contributed by atoms with van der Waals surface area (Å²) in [5, 5.41) is 26.4. The number of nitrogens with one attached hydrogen (secondary N) is 1. The molecule has 0 saturated carbocycles. The van der Waals surface area contributed by atoms with Crippen molar-refractivity contribution in [1.82, 2.24) is 10.4 Å². The largest absolute Gasteiger partial charge is 0.510 e. The lowest BCUT2D eigenvalue weighted by atomic mass is 9.85. The molecule has 3 N–H and O–H groups in total. The van der Waals surface area contributed by atoms with E-state index < -0.39 is 11.8 Å². The van der Waals surface area contributed by atoms with Gasteiger partial charge in [0.05, 0.1) is 12.6 Å². The number of aryl methyl sites for hydroxylation is 2. The van der Waals surface area contributed by atoms with Crippen LogP contribution in [0.4, 0.5) is 0 Å². The average Bonchev–Trinajstić information content (AvgIpc) is 2.74. The molecule has 1 fully saturated rings. The van der Waals surface area contributed by atoms with Crippen LogP contribution in [-0.4, -0.2) is 47.2 Å². The molecule has 2 aliphatic rings. The summed E-state index contributed by atoms with van der Waals surface area (Å²) >= 11 is 0. The lowest BCUT2D eigenvalue weighted by Crippen LogP contribution is -2.53. The molecule has 0 radical (unpaired) electrons. The van der Waals surface area contributed by atoms with Gasteiger partial charge in [0.15, 0.2) is 0 Å². The van der Waals surface area contributed by atoms with Crippen LogP contribution in [0.5, 0.6) is 0 Å². The zero-order valence-electron chi connectivity index (χ0n) is 13.4. The first-order valence-corrected chi connectivity index (χ1v) is 7.73. The molecule has 0 bridgehead atoms. The molecular formula is C17H24N2O3. The maximum Gasteiger partial charge on any atom is 0.135 e. The molecule has 0 aromatic heterocycles. The predicted molar refractivity (Wildman–Crippen MR) is 85.2 cm³/mol. The van der Waals surface area contributed by atoms with Crippen LogP contribution >= 0.6 is 0 Å². The van der Waals surface area contributed by atoms with Crippen LogP contribution in [0.25, 0.3) is 5.57 Å². The highest BCUT2D eigenvalue weighted by atomic mass is 16.7. The molecule has 2 aliphatic heterocycles. The standard InChI is InChI=1S/C17H24N2O3/c1-11-4-5-12(2)13(10-11)14-15(20)17(18-16(14)21)6-8-19(22-3)9-7-17/h4-5,10,16,18,20-21H,6-9H2,1-3H3. The summed E-state index contributed by atoms with van der Waals surface area (Å²) in [5.74, 6) is 0.282. The zero-order valence-corrected chi connectivity index (χ0v) is 13.4. The van der Waals surface area contributed by atoms with E-state index >= 15 is 0 Å². The predicted octanol–water partition coefficient (Wildman–Crippen LogP) is 1.89. The van der Waals surface area contributed by atoms with Crippen molar-refractivity contribution in [3.63, 3.8) is 0 Å². The van der Waals surface area contributed by atoms with Gasteiger partial charge >= 0.3 is 0 Å². The highest BCUT2D eigenvalue weighted by molar-refractivity contribution is 5.76. The number of nitrogens with zero attached hydrogens (tertiary/aromatic N) is 1. The van der Waals surface area contributed by atoms with Crippen LogP contribution in [0.3, 0.4) is 0 Å². The molecule has 1 aromatic rings. The fourth-order valence-corrected chi connectivity index (χ4v) is 3.52. The molecule has 1 spiro atoms. The van der Waals surface area contributed by atoms with Crippen molar-refractivity contribution in [2.45, 2.75) is 38.5 Å². The van der Waals surface area contributed by atoms with Gasteiger partial charge in [-0.3, -0.25) is 5.32 Å². The maximum atomic E-state index is 10.9. The van der Waals surface area contributed by atoms with Crippen molar-refractivity contribution in [2.24, 2.45) is 0 Å². The Morgan fingerprint density at radius 2 is 1.95 bits per heavy atom. The van der Waals surface area contributed by atoms with E-state index in [1.165, 1.54) is 0 Å². The summed E-state index contributed by atoms with van der Waals surface area (Å²) in [7, 11) is 1.66. The van der Waals surface area contributed by atoms with E-state index in [4.69, 9.17) is 4.84 Å². The lowest BCUT2D eigenvalue weighted by molar-refractivity contribution is -0.152. The van der Waals surface area contributed by atoms with Gasteiger partial charge < -0.3 is 15.1 Å². The Morgan fingerprint density at radius 3 is 2.59 bits per heavy atom. The fraction of sp³-hybridized carbons (Fsp3) is 0.529. The molecule has 3 rings (SSSR count). The van der Waals surface area contributed by atoms with Crippen LogP contribution in [0.15, 0.2) is 24.0 Å². The molecule has 22 heavy (non-hydrogen) atoms. The Balaban J connectivity index is 1.99. The van der Waals surface area contributed by atoms with Gasteiger partial charge in [0.2, 0.25) is 0 Å². The number of hydrogen-bond acceptors (Lipinski definition) is 5. The third kappa shape index (κ3) is 2.44. The van der Waals surface area contributed by atoms with Crippen LogP contribution in [0.1, 0.15) is 29.5 Å². The minimum atomic E-state index is -0.838. The molecule has 120 valence electrons. The molecule has 1 saturated heterocycles.